The van der Waals surface area contributed by atoms with Gasteiger partial charge in [0.1, 0.15) is 5.82 Å². The molecule has 0 amide bonds. The Morgan fingerprint density at radius 3 is 1.88 bits per heavy atom. The van der Waals surface area contributed by atoms with E-state index in [0.717, 1.165) is 18.2 Å². The second kappa shape index (κ2) is 7.12. The van der Waals surface area contributed by atoms with Gasteiger partial charge in [0.25, 0.3) is 0 Å². The van der Waals surface area contributed by atoms with Crippen LogP contribution in [0, 0.1) is 5.82 Å². The van der Waals surface area contributed by atoms with Gasteiger partial charge in [0.2, 0.25) is 0 Å². The van der Waals surface area contributed by atoms with Crippen LogP contribution in [-0.4, -0.2) is 11.1 Å². The third-order valence-corrected chi connectivity index (χ3v) is 3.18. The molecule has 2 rings (SSSR count). The van der Waals surface area contributed by atoms with E-state index in [1.54, 1.807) is 0 Å². The van der Waals surface area contributed by atoms with Crippen LogP contribution in [0.15, 0.2) is 66.8 Å². The zero-order chi connectivity index (χ0) is 17.7. The van der Waals surface area contributed by atoms with E-state index in [9.17, 15) is 22.4 Å². The molecule has 1 N–H and O–H groups in total. The fourth-order valence-electron chi connectivity index (χ4n) is 2.05. The van der Waals surface area contributed by atoms with Crippen LogP contribution in [0.5, 0.6) is 0 Å². The minimum absolute atomic E-state index is 0.449. The number of benzene rings is 2. The Kier molecular flexibility index (Phi) is 5.18. The average Bonchev–Trinajstić information content (AvgIpc) is 2.52. The maximum absolute atomic E-state index is 13.1. The molecule has 6 heteroatoms. The van der Waals surface area contributed by atoms with Gasteiger partial charge < -0.3 is 5.11 Å². The van der Waals surface area contributed by atoms with Crippen molar-refractivity contribution in [1.82, 2.24) is 0 Å². The van der Waals surface area contributed by atoms with Gasteiger partial charge in [-0.3, -0.25) is 0 Å². The molecule has 0 aliphatic carbocycles. The summed E-state index contributed by atoms with van der Waals surface area (Å²) in [4.78, 5) is 10.6. The second-order valence-electron chi connectivity index (χ2n) is 4.86. The summed E-state index contributed by atoms with van der Waals surface area (Å²) >= 11 is 0. The number of rotatable bonds is 4. The number of hydrogen-bond acceptors (Lipinski definition) is 1. The summed E-state index contributed by atoms with van der Waals surface area (Å²) in [7, 11) is 0. The number of allylic oxidation sites excluding steroid dienone is 2. The van der Waals surface area contributed by atoms with Crippen LogP contribution in [0.2, 0.25) is 0 Å². The van der Waals surface area contributed by atoms with Gasteiger partial charge >= 0.3 is 12.1 Å². The van der Waals surface area contributed by atoms with Gasteiger partial charge in [-0.25, -0.2) is 9.18 Å². The number of carbonyl (C=O) groups is 1. The maximum Gasteiger partial charge on any atom is 0.416 e. The van der Waals surface area contributed by atoms with E-state index in [2.05, 4.69) is 0 Å². The van der Waals surface area contributed by atoms with E-state index in [0.29, 0.717) is 16.7 Å². The normalized spacial score (nSPS) is 12.6. The molecule has 0 aliphatic heterocycles. The molecule has 0 spiro atoms. The van der Waals surface area contributed by atoms with Crippen molar-refractivity contribution < 1.29 is 27.5 Å². The van der Waals surface area contributed by atoms with Crippen LogP contribution in [0.3, 0.4) is 0 Å². The molecule has 0 heterocycles. The lowest BCUT2D eigenvalue weighted by Gasteiger charge is -2.11. The van der Waals surface area contributed by atoms with Gasteiger partial charge in [-0.15, -0.1) is 0 Å². The number of carboxylic acids is 1. The fraction of sp³-hybridized carbons (Fsp3) is 0.0556. The van der Waals surface area contributed by atoms with Crippen molar-refractivity contribution in [3.8, 4) is 0 Å². The smallest absolute Gasteiger partial charge is 0.416 e. The first-order valence-corrected chi connectivity index (χ1v) is 6.82. The number of halogens is 4. The van der Waals surface area contributed by atoms with Gasteiger partial charge in [-0.1, -0.05) is 36.4 Å². The Morgan fingerprint density at radius 2 is 1.42 bits per heavy atom. The molecule has 0 fully saturated rings. The van der Waals surface area contributed by atoms with Crippen LogP contribution < -0.4 is 0 Å². The summed E-state index contributed by atoms with van der Waals surface area (Å²) in [6.45, 7) is 0. The summed E-state index contributed by atoms with van der Waals surface area (Å²) in [6.07, 6.45) is -0.836. The monoisotopic (exact) mass is 336 g/mol. The Hall–Kier alpha value is -2.89. The van der Waals surface area contributed by atoms with Crippen LogP contribution in [0.25, 0.3) is 5.57 Å². The highest BCUT2D eigenvalue weighted by atomic mass is 19.4. The third-order valence-electron chi connectivity index (χ3n) is 3.18. The van der Waals surface area contributed by atoms with E-state index in [1.807, 2.05) is 0 Å². The molecule has 0 bridgehead atoms. The highest BCUT2D eigenvalue weighted by Crippen LogP contribution is 2.31. The minimum Gasteiger partial charge on any atom is -0.478 e. The van der Waals surface area contributed by atoms with E-state index >= 15 is 0 Å². The lowest BCUT2D eigenvalue weighted by atomic mass is 9.96. The first-order chi connectivity index (χ1) is 11.3. The second-order valence-corrected chi connectivity index (χ2v) is 4.86. The molecule has 124 valence electrons. The van der Waals surface area contributed by atoms with Crippen LogP contribution in [0.1, 0.15) is 16.7 Å². The van der Waals surface area contributed by atoms with Crippen molar-refractivity contribution in [2.45, 2.75) is 6.18 Å². The van der Waals surface area contributed by atoms with Gasteiger partial charge in [-0.2, -0.15) is 13.2 Å². The SMILES string of the molecule is O=C(O)C=CC=C(c1ccc(F)cc1)c1ccc(C(F)(F)F)cc1. The molecule has 2 nitrogen and oxygen atoms in total. The minimum atomic E-state index is -4.44. The van der Waals surface area contributed by atoms with E-state index in [1.165, 1.54) is 48.6 Å². The summed E-state index contributed by atoms with van der Waals surface area (Å²) in [6, 6.07) is 9.81. The molecule has 2 aromatic rings. The van der Waals surface area contributed by atoms with Crippen molar-refractivity contribution in [3.63, 3.8) is 0 Å². The van der Waals surface area contributed by atoms with Crippen LogP contribution >= 0.6 is 0 Å². The molecule has 24 heavy (non-hydrogen) atoms. The molecular formula is C18H12F4O2. The molecular weight excluding hydrogens is 324 g/mol. The Bertz CT molecular complexity index is 770. The first kappa shape index (κ1) is 17.5. The van der Waals surface area contributed by atoms with Crippen molar-refractivity contribution in [2.24, 2.45) is 0 Å². The molecule has 0 aliphatic rings. The van der Waals surface area contributed by atoms with E-state index in [4.69, 9.17) is 5.11 Å². The molecule has 0 atom stereocenters. The predicted molar refractivity (Wildman–Crippen MR) is 81.7 cm³/mol. The highest BCUT2D eigenvalue weighted by Gasteiger charge is 2.30. The summed E-state index contributed by atoms with van der Waals surface area (Å²) in [5.41, 5.74) is 0.683. The van der Waals surface area contributed by atoms with E-state index in [-0.39, 0.29) is 0 Å². The number of hydrogen-bond donors (Lipinski definition) is 1. The molecule has 0 radical (unpaired) electrons. The van der Waals surface area contributed by atoms with Crippen molar-refractivity contribution in [3.05, 3.63) is 89.3 Å². The van der Waals surface area contributed by atoms with Crippen molar-refractivity contribution in [2.75, 3.05) is 0 Å². The summed E-state index contributed by atoms with van der Waals surface area (Å²) < 4.78 is 51.0. The Labute approximate surface area is 135 Å². The van der Waals surface area contributed by atoms with Crippen molar-refractivity contribution in [1.29, 1.82) is 0 Å². The lowest BCUT2D eigenvalue weighted by molar-refractivity contribution is -0.137. The molecule has 0 saturated carbocycles. The van der Waals surface area contributed by atoms with Gasteiger partial charge in [0.05, 0.1) is 5.56 Å². The number of aliphatic carboxylic acids is 1. The fourth-order valence-corrected chi connectivity index (χ4v) is 2.05. The first-order valence-electron chi connectivity index (χ1n) is 6.82. The third kappa shape index (κ3) is 4.55. The standard InChI is InChI=1S/C18H12F4O2/c19-15-10-6-13(7-11-15)16(2-1-3-17(23)24)12-4-8-14(9-5-12)18(20,21)22/h1-11H,(H,23,24). The zero-order valence-corrected chi connectivity index (χ0v) is 12.2. The number of alkyl halides is 3. The average molecular weight is 336 g/mol. The van der Waals surface area contributed by atoms with Gasteiger partial charge in [0, 0.05) is 6.08 Å². The predicted octanol–water partition coefficient (Wildman–Crippen LogP) is 4.92. The zero-order valence-electron chi connectivity index (χ0n) is 12.2. The molecule has 0 saturated heterocycles. The summed E-state index contributed by atoms with van der Waals surface area (Å²) in [5, 5.41) is 8.64. The Balaban J connectivity index is 2.46. The molecule has 0 unspecified atom stereocenters. The Morgan fingerprint density at radius 1 is 0.917 bits per heavy atom. The van der Waals surface area contributed by atoms with Crippen molar-refractivity contribution >= 4 is 11.5 Å². The topological polar surface area (TPSA) is 37.3 Å². The van der Waals surface area contributed by atoms with E-state index < -0.39 is 23.5 Å². The summed E-state index contributed by atoms with van der Waals surface area (Å²) in [5.74, 6) is -1.61. The van der Waals surface area contributed by atoms with Gasteiger partial charge in [-0.05, 0) is 41.0 Å². The van der Waals surface area contributed by atoms with Crippen LogP contribution in [-0.2, 0) is 11.0 Å². The van der Waals surface area contributed by atoms with Crippen LogP contribution in [0.4, 0.5) is 17.6 Å². The quantitative estimate of drug-likeness (QED) is 0.489. The molecule has 0 aromatic heterocycles. The largest absolute Gasteiger partial charge is 0.478 e. The van der Waals surface area contributed by atoms with Gasteiger partial charge in [0.15, 0.2) is 0 Å². The lowest BCUT2D eigenvalue weighted by Crippen LogP contribution is -2.04. The maximum atomic E-state index is 13.1. The highest BCUT2D eigenvalue weighted by molar-refractivity contribution is 5.84. The molecule has 2 aromatic carbocycles. The number of carboxylic acid groups (broad SMARTS) is 1.